The van der Waals surface area contributed by atoms with Gasteiger partial charge in [0.1, 0.15) is 5.75 Å². The Morgan fingerprint density at radius 1 is 1.40 bits per heavy atom. The number of rotatable bonds is 3. The topological polar surface area (TPSA) is 66.4 Å². The molecule has 0 spiro atoms. The number of halogens is 1. The van der Waals surface area contributed by atoms with Crippen LogP contribution in [0.2, 0.25) is 0 Å². The Hall–Kier alpha value is -1.30. The summed E-state index contributed by atoms with van der Waals surface area (Å²) < 4.78 is 38.0. The summed E-state index contributed by atoms with van der Waals surface area (Å²) in [6.45, 7) is 2.97. The van der Waals surface area contributed by atoms with Crippen LogP contribution in [0.3, 0.4) is 0 Å². The van der Waals surface area contributed by atoms with Crippen molar-refractivity contribution >= 4 is 15.7 Å². The molecule has 1 aromatic rings. The first-order chi connectivity index (χ1) is 6.83. The lowest BCUT2D eigenvalue weighted by atomic mass is 10.3. The lowest BCUT2D eigenvalue weighted by molar-refractivity contribution is 0.469. The van der Waals surface area contributed by atoms with Crippen LogP contribution in [0.15, 0.2) is 18.2 Å². The number of phenols is 1. The Bertz CT molecular complexity index is 456. The molecule has 0 aromatic heterocycles. The first kappa shape index (κ1) is 11.8. The largest absolute Gasteiger partial charge is 0.508 e. The lowest BCUT2D eigenvalue weighted by Gasteiger charge is -2.11. The van der Waals surface area contributed by atoms with Gasteiger partial charge in [-0.05, 0) is 26.0 Å². The van der Waals surface area contributed by atoms with E-state index < -0.39 is 21.1 Å². The highest BCUT2D eigenvalue weighted by Gasteiger charge is 2.17. The molecule has 0 aliphatic heterocycles. The van der Waals surface area contributed by atoms with Gasteiger partial charge in [0.25, 0.3) is 0 Å². The van der Waals surface area contributed by atoms with Gasteiger partial charge in [-0.3, -0.25) is 4.72 Å². The molecule has 0 aliphatic rings. The van der Waals surface area contributed by atoms with Crippen LogP contribution < -0.4 is 4.72 Å². The van der Waals surface area contributed by atoms with E-state index in [1.54, 1.807) is 0 Å². The number of hydrogen-bond donors (Lipinski definition) is 2. The Kier molecular flexibility index (Phi) is 3.18. The summed E-state index contributed by atoms with van der Waals surface area (Å²) in [5.74, 6) is -1.06. The van der Waals surface area contributed by atoms with Gasteiger partial charge < -0.3 is 5.11 Å². The third-order valence-electron chi connectivity index (χ3n) is 1.83. The fourth-order valence-corrected chi connectivity index (χ4v) is 1.57. The normalized spacial score (nSPS) is 11.7. The fraction of sp³-hybridized carbons (Fsp3) is 0.333. The molecule has 15 heavy (non-hydrogen) atoms. The van der Waals surface area contributed by atoms with Crippen LogP contribution in [-0.2, 0) is 10.0 Å². The average Bonchev–Trinajstić information content (AvgIpc) is 2.09. The summed E-state index contributed by atoms with van der Waals surface area (Å²) in [5, 5.41) is 8.28. The third kappa shape index (κ3) is 2.82. The number of phenolic OH excluding ortho intramolecular Hbond substituents is 1. The number of sulfonamides is 1. The van der Waals surface area contributed by atoms with E-state index in [9.17, 15) is 12.8 Å². The molecule has 84 valence electrons. The van der Waals surface area contributed by atoms with E-state index in [1.807, 2.05) is 0 Å². The molecule has 0 saturated heterocycles. The van der Waals surface area contributed by atoms with E-state index in [0.29, 0.717) is 0 Å². The van der Waals surface area contributed by atoms with Crippen molar-refractivity contribution in [3.8, 4) is 5.75 Å². The van der Waals surface area contributed by atoms with Crippen molar-refractivity contribution in [2.24, 2.45) is 0 Å². The molecule has 0 amide bonds. The number of nitrogens with one attached hydrogen (secondary N) is 1. The molecule has 0 heterocycles. The van der Waals surface area contributed by atoms with Gasteiger partial charge in [-0.15, -0.1) is 0 Å². The molecular formula is C9H12FNO3S. The fourth-order valence-electron chi connectivity index (χ4n) is 0.858. The highest BCUT2D eigenvalue weighted by atomic mass is 32.2. The summed E-state index contributed by atoms with van der Waals surface area (Å²) >= 11 is 0. The van der Waals surface area contributed by atoms with E-state index in [4.69, 9.17) is 5.11 Å². The van der Waals surface area contributed by atoms with Gasteiger partial charge in [0.15, 0.2) is 5.82 Å². The molecule has 0 radical (unpaired) electrons. The first-order valence-electron chi connectivity index (χ1n) is 4.33. The van der Waals surface area contributed by atoms with E-state index in [-0.39, 0.29) is 11.4 Å². The van der Waals surface area contributed by atoms with Crippen LogP contribution in [0, 0.1) is 5.82 Å². The SMILES string of the molecule is CC(C)S(=O)(=O)Nc1ccc(O)cc1F. The smallest absolute Gasteiger partial charge is 0.235 e. The van der Waals surface area contributed by atoms with Crippen LogP contribution in [0.1, 0.15) is 13.8 Å². The summed E-state index contributed by atoms with van der Waals surface area (Å²) in [5.41, 5.74) is -0.165. The second kappa shape index (κ2) is 4.06. The Labute approximate surface area is 87.8 Å². The zero-order chi connectivity index (χ0) is 11.6. The predicted octanol–water partition coefficient (Wildman–Crippen LogP) is 1.68. The standard InChI is InChI=1S/C9H12FNO3S/c1-6(2)15(13,14)11-9-4-3-7(12)5-8(9)10/h3-6,11-12H,1-2H3. The van der Waals surface area contributed by atoms with Gasteiger partial charge in [-0.2, -0.15) is 0 Å². The van der Waals surface area contributed by atoms with E-state index in [1.165, 1.54) is 26.0 Å². The minimum absolute atomic E-state index is 0.165. The highest BCUT2D eigenvalue weighted by Crippen LogP contribution is 2.21. The molecular weight excluding hydrogens is 221 g/mol. The van der Waals surface area contributed by atoms with Gasteiger partial charge in [-0.1, -0.05) is 0 Å². The molecule has 6 heteroatoms. The molecule has 0 unspecified atom stereocenters. The maximum Gasteiger partial charge on any atom is 0.235 e. The van der Waals surface area contributed by atoms with Gasteiger partial charge in [0.05, 0.1) is 10.9 Å². The molecule has 1 rings (SSSR count). The quantitative estimate of drug-likeness (QED) is 0.780. The number of benzene rings is 1. The Morgan fingerprint density at radius 2 is 2.00 bits per heavy atom. The maximum atomic E-state index is 13.2. The molecule has 0 saturated carbocycles. The molecule has 0 atom stereocenters. The van der Waals surface area contributed by atoms with Crippen molar-refractivity contribution in [2.45, 2.75) is 19.1 Å². The number of aromatic hydroxyl groups is 1. The van der Waals surface area contributed by atoms with Crippen LogP contribution in [0.4, 0.5) is 10.1 Å². The van der Waals surface area contributed by atoms with Crippen molar-refractivity contribution in [1.82, 2.24) is 0 Å². The van der Waals surface area contributed by atoms with Crippen molar-refractivity contribution in [2.75, 3.05) is 4.72 Å². The van der Waals surface area contributed by atoms with Crippen LogP contribution in [0.25, 0.3) is 0 Å². The molecule has 4 nitrogen and oxygen atoms in total. The summed E-state index contributed by atoms with van der Waals surface area (Å²) in [6, 6.07) is 3.23. The van der Waals surface area contributed by atoms with Crippen LogP contribution in [-0.4, -0.2) is 18.8 Å². The molecule has 0 bridgehead atoms. The van der Waals surface area contributed by atoms with Crippen LogP contribution >= 0.6 is 0 Å². The van der Waals surface area contributed by atoms with Crippen molar-refractivity contribution < 1.29 is 17.9 Å². The Balaban J connectivity index is 3.01. The number of hydrogen-bond acceptors (Lipinski definition) is 3. The summed E-state index contributed by atoms with van der Waals surface area (Å²) in [7, 11) is -3.56. The summed E-state index contributed by atoms with van der Waals surface area (Å²) in [6.07, 6.45) is 0. The predicted molar refractivity (Wildman–Crippen MR) is 55.7 cm³/mol. The van der Waals surface area contributed by atoms with Gasteiger partial charge in [0, 0.05) is 6.07 Å². The van der Waals surface area contributed by atoms with E-state index >= 15 is 0 Å². The van der Waals surface area contributed by atoms with Gasteiger partial charge in [-0.25, -0.2) is 12.8 Å². The van der Waals surface area contributed by atoms with Crippen LogP contribution in [0.5, 0.6) is 5.75 Å². The number of anilines is 1. The van der Waals surface area contributed by atoms with Crippen molar-refractivity contribution in [1.29, 1.82) is 0 Å². The molecule has 0 aliphatic carbocycles. The zero-order valence-electron chi connectivity index (χ0n) is 8.36. The average molecular weight is 233 g/mol. The van der Waals surface area contributed by atoms with Gasteiger partial charge >= 0.3 is 0 Å². The van der Waals surface area contributed by atoms with Gasteiger partial charge in [0.2, 0.25) is 10.0 Å². The molecule has 1 aromatic carbocycles. The Morgan fingerprint density at radius 3 is 2.47 bits per heavy atom. The second-order valence-electron chi connectivity index (χ2n) is 3.36. The third-order valence-corrected chi connectivity index (χ3v) is 3.57. The zero-order valence-corrected chi connectivity index (χ0v) is 9.18. The minimum Gasteiger partial charge on any atom is -0.508 e. The molecule has 2 N–H and O–H groups in total. The van der Waals surface area contributed by atoms with E-state index in [0.717, 1.165) is 6.07 Å². The first-order valence-corrected chi connectivity index (χ1v) is 5.87. The lowest BCUT2D eigenvalue weighted by Crippen LogP contribution is -2.22. The van der Waals surface area contributed by atoms with Crippen molar-refractivity contribution in [3.63, 3.8) is 0 Å². The summed E-state index contributed by atoms with van der Waals surface area (Å²) in [4.78, 5) is 0. The van der Waals surface area contributed by atoms with Crippen molar-refractivity contribution in [3.05, 3.63) is 24.0 Å². The van der Waals surface area contributed by atoms with E-state index in [2.05, 4.69) is 4.72 Å². The monoisotopic (exact) mass is 233 g/mol. The molecule has 0 fully saturated rings. The second-order valence-corrected chi connectivity index (χ2v) is 5.60. The maximum absolute atomic E-state index is 13.2. The minimum atomic E-state index is -3.56. The highest BCUT2D eigenvalue weighted by molar-refractivity contribution is 7.93.